The molecule has 1 heterocycles. The second-order valence-electron chi connectivity index (χ2n) is 5.18. The SMILES string of the molecule is CC(C)(C)[C@H](NC(=O)NCc1cccnn1)C(=O)O. The summed E-state index contributed by atoms with van der Waals surface area (Å²) in [7, 11) is 0. The Morgan fingerprint density at radius 2 is 2.11 bits per heavy atom. The van der Waals surface area contributed by atoms with Crippen molar-refractivity contribution in [2.24, 2.45) is 5.41 Å². The third kappa shape index (κ3) is 4.90. The van der Waals surface area contributed by atoms with Crippen LogP contribution in [-0.4, -0.2) is 33.3 Å². The summed E-state index contributed by atoms with van der Waals surface area (Å²) in [6.07, 6.45) is 1.53. The average Bonchev–Trinajstić information content (AvgIpc) is 2.33. The van der Waals surface area contributed by atoms with Crippen LogP contribution in [0.2, 0.25) is 0 Å². The fraction of sp³-hybridized carbons (Fsp3) is 0.500. The molecule has 0 spiro atoms. The molecule has 0 aromatic carbocycles. The molecule has 1 rings (SSSR count). The number of amides is 2. The van der Waals surface area contributed by atoms with Gasteiger partial charge in [-0.15, -0.1) is 0 Å². The Morgan fingerprint density at radius 3 is 2.58 bits per heavy atom. The fourth-order valence-electron chi connectivity index (χ4n) is 1.43. The molecule has 1 aromatic rings. The van der Waals surface area contributed by atoms with Crippen LogP contribution in [-0.2, 0) is 11.3 Å². The van der Waals surface area contributed by atoms with Crippen molar-refractivity contribution in [1.82, 2.24) is 20.8 Å². The van der Waals surface area contributed by atoms with Gasteiger partial charge in [0.05, 0.1) is 12.2 Å². The second-order valence-corrected chi connectivity index (χ2v) is 5.18. The molecule has 19 heavy (non-hydrogen) atoms. The van der Waals surface area contributed by atoms with Gasteiger partial charge in [0.15, 0.2) is 0 Å². The van der Waals surface area contributed by atoms with Crippen LogP contribution >= 0.6 is 0 Å². The van der Waals surface area contributed by atoms with Crippen LogP contribution < -0.4 is 10.6 Å². The summed E-state index contributed by atoms with van der Waals surface area (Å²) < 4.78 is 0. The molecule has 2 amide bonds. The number of aliphatic carboxylic acids is 1. The van der Waals surface area contributed by atoms with Crippen molar-refractivity contribution >= 4 is 12.0 Å². The Morgan fingerprint density at radius 1 is 1.42 bits per heavy atom. The highest BCUT2D eigenvalue weighted by Gasteiger charge is 2.32. The first kappa shape index (κ1) is 14.9. The van der Waals surface area contributed by atoms with Gasteiger partial charge in [0.25, 0.3) is 0 Å². The maximum absolute atomic E-state index is 11.6. The smallest absolute Gasteiger partial charge is 0.326 e. The van der Waals surface area contributed by atoms with E-state index in [0.29, 0.717) is 5.69 Å². The lowest BCUT2D eigenvalue weighted by Gasteiger charge is -2.27. The molecule has 1 aromatic heterocycles. The molecule has 1 atom stereocenters. The summed E-state index contributed by atoms with van der Waals surface area (Å²) in [4.78, 5) is 22.7. The number of aromatic nitrogens is 2. The molecule has 104 valence electrons. The van der Waals surface area contributed by atoms with Gasteiger partial charge in [-0.2, -0.15) is 10.2 Å². The van der Waals surface area contributed by atoms with Crippen molar-refractivity contribution in [1.29, 1.82) is 0 Å². The van der Waals surface area contributed by atoms with Gasteiger partial charge in [0.1, 0.15) is 6.04 Å². The molecule has 7 nitrogen and oxygen atoms in total. The van der Waals surface area contributed by atoms with Gasteiger partial charge >= 0.3 is 12.0 Å². The van der Waals surface area contributed by atoms with E-state index in [9.17, 15) is 9.59 Å². The van der Waals surface area contributed by atoms with Gasteiger partial charge < -0.3 is 15.7 Å². The zero-order valence-corrected chi connectivity index (χ0v) is 11.2. The summed E-state index contributed by atoms with van der Waals surface area (Å²) in [5.74, 6) is -1.07. The van der Waals surface area contributed by atoms with Gasteiger partial charge in [-0.3, -0.25) is 0 Å². The molecule has 0 aliphatic rings. The number of rotatable bonds is 4. The minimum absolute atomic E-state index is 0.191. The summed E-state index contributed by atoms with van der Waals surface area (Å²) in [5, 5.41) is 21.5. The number of carboxylic acid groups (broad SMARTS) is 1. The number of hydrogen-bond donors (Lipinski definition) is 3. The number of carboxylic acids is 1. The van der Waals surface area contributed by atoms with E-state index in [-0.39, 0.29) is 6.54 Å². The summed E-state index contributed by atoms with van der Waals surface area (Å²) in [6, 6.07) is 1.91. The van der Waals surface area contributed by atoms with Crippen molar-refractivity contribution in [2.45, 2.75) is 33.4 Å². The molecule has 0 fully saturated rings. The summed E-state index contributed by atoms with van der Waals surface area (Å²) >= 11 is 0. The quantitative estimate of drug-likeness (QED) is 0.747. The fourth-order valence-corrected chi connectivity index (χ4v) is 1.43. The minimum atomic E-state index is -1.07. The molecule has 0 unspecified atom stereocenters. The van der Waals surface area contributed by atoms with E-state index in [0.717, 1.165) is 0 Å². The van der Waals surface area contributed by atoms with Crippen molar-refractivity contribution in [3.63, 3.8) is 0 Å². The van der Waals surface area contributed by atoms with Crippen molar-refractivity contribution < 1.29 is 14.7 Å². The predicted octanol–water partition coefficient (Wildman–Crippen LogP) is 0.775. The Hall–Kier alpha value is -2.18. The predicted molar refractivity (Wildman–Crippen MR) is 68.3 cm³/mol. The van der Waals surface area contributed by atoms with Crippen LogP contribution in [0.3, 0.4) is 0 Å². The number of carbonyl (C=O) groups is 2. The van der Waals surface area contributed by atoms with E-state index in [1.54, 1.807) is 32.9 Å². The van der Waals surface area contributed by atoms with E-state index in [4.69, 9.17) is 5.11 Å². The lowest BCUT2D eigenvalue weighted by Crippen LogP contribution is -2.52. The first-order chi connectivity index (χ1) is 8.80. The monoisotopic (exact) mass is 266 g/mol. The van der Waals surface area contributed by atoms with Crippen LogP contribution in [0.25, 0.3) is 0 Å². The Balaban J connectivity index is 2.52. The number of urea groups is 1. The molecule has 0 radical (unpaired) electrons. The zero-order chi connectivity index (χ0) is 14.5. The van der Waals surface area contributed by atoms with E-state index in [2.05, 4.69) is 20.8 Å². The van der Waals surface area contributed by atoms with Crippen LogP contribution in [0.5, 0.6) is 0 Å². The molecular weight excluding hydrogens is 248 g/mol. The van der Waals surface area contributed by atoms with Gasteiger partial charge in [-0.1, -0.05) is 20.8 Å². The van der Waals surface area contributed by atoms with Gasteiger partial charge in [0.2, 0.25) is 0 Å². The number of nitrogens with one attached hydrogen (secondary N) is 2. The number of nitrogens with zero attached hydrogens (tertiary/aromatic N) is 2. The number of carbonyl (C=O) groups excluding carboxylic acids is 1. The van der Waals surface area contributed by atoms with E-state index in [1.165, 1.54) is 6.20 Å². The van der Waals surface area contributed by atoms with Crippen LogP contribution in [0.4, 0.5) is 4.79 Å². The highest BCUT2D eigenvalue weighted by Crippen LogP contribution is 2.19. The third-order valence-electron chi connectivity index (χ3n) is 2.45. The summed E-state index contributed by atoms with van der Waals surface area (Å²) in [6.45, 7) is 5.42. The van der Waals surface area contributed by atoms with E-state index >= 15 is 0 Å². The van der Waals surface area contributed by atoms with Crippen molar-refractivity contribution in [3.8, 4) is 0 Å². The second kappa shape index (κ2) is 6.12. The average molecular weight is 266 g/mol. The van der Waals surface area contributed by atoms with Gasteiger partial charge in [-0.05, 0) is 17.5 Å². The van der Waals surface area contributed by atoms with Gasteiger partial charge in [0, 0.05) is 6.20 Å². The first-order valence-electron chi connectivity index (χ1n) is 5.84. The molecule has 0 aliphatic heterocycles. The maximum Gasteiger partial charge on any atom is 0.326 e. The lowest BCUT2D eigenvalue weighted by molar-refractivity contribution is -0.141. The topological polar surface area (TPSA) is 104 Å². The molecule has 3 N–H and O–H groups in total. The highest BCUT2D eigenvalue weighted by atomic mass is 16.4. The molecule has 0 aliphatic carbocycles. The Kier molecular flexibility index (Phi) is 4.80. The maximum atomic E-state index is 11.6. The van der Waals surface area contributed by atoms with E-state index in [1.807, 2.05) is 0 Å². The van der Waals surface area contributed by atoms with Gasteiger partial charge in [-0.25, -0.2) is 9.59 Å². The molecule has 7 heteroatoms. The third-order valence-corrected chi connectivity index (χ3v) is 2.45. The normalized spacial score (nSPS) is 12.6. The van der Waals surface area contributed by atoms with Crippen molar-refractivity contribution in [2.75, 3.05) is 0 Å². The lowest BCUT2D eigenvalue weighted by atomic mass is 9.87. The van der Waals surface area contributed by atoms with E-state index < -0.39 is 23.5 Å². The molecular formula is C12H18N4O3. The van der Waals surface area contributed by atoms with Crippen LogP contribution in [0.1, 0.15) is 26.5 Å². The number of hydrogen-bond acceptors (Lipinski definition) is 4. The Labute approximate surface area is 111 Å². The first-order valence-corrected chi connectivity index (χ1v) is 5.84. The Bertz CT molecular complexity index is 442. The minimum Gasteiger partial charge on any atom is -0.480 e. The highest BCUT2D eigenvalue weighted by molar-refractivity contribution is 5.83. The molecule has 0 saturated heterocycles. The molecule has 0 saturated carbocycles. The van der Waals surface area contributed by atoms with Crippen LogP contribution in [0.15, 0.2) is 18.3 Å². The molecule has 0 bridgehead atoms. The standard InChI is InChI=1S/C12H18N4O3/c1-12(2,3)9(10(17)18)15-11(19)13-7-8-5-4-6-14-16-8/h4-6,9H,7H2,1-3H3,(H,17,18)(H2,13,15,19)/t9-/m1/s1. The summed E-state index contributed by atoms with van der Waals surface area (Å²) in [5.41, 5.74) is 0.0238. The largest absolute Gasteiger partial charge is 0.480 e. The van der Waals surface area contributed by atoms with Crippen molar-refractivity contribution in [3.05, 3.63) is 24.0 Å². The zero-order valence-electron chi connectivity index (χ0n) is 11.2. The van der Waals surface area contributed by atoms with Crippen LogP contribution in [0, 0.1) is 5.41 Å².